The zero-order valence-electron chi connectivity index (χ0n) is 14.3. The summed E-state index contributed by atoms with van der Waals surface area (Å²) in [6.07, 6.45) is 3.78. The third-order valence-electron chi connectivity index (χ3n) is 3.60. The molecule has 0 aliphatic heterocycles. The third-order valence-corrected chi connectivity index (χ3v) is 4.16. The number of nitrogens with one attached hydrogen (secondary N) is 1. The van der Waals surface area contributed by atoms with E-state index in [0.29, 0.717) is 34.3 Å². The van der Waals surface area contributed by atoms with Gasteiger partial charge in [0.15, 0.2) is 0 Å². The molecular weight excluding hydrogens is 375 g/mol. The maximum absolute atomic E-state index is 12.7. The van der Waals surface area contributed by atoms with Crippen molar-refractivity contribution in [2.24, 2.45) is 5.73 Å². The van der Waals surface area contributed by atoms with Gasteiger partial charge >= 0.3 is 0 Å². The molecule has 0 fully saturated rings. The van der Waals surface area contributed by atoms with Crippen molar-refractivity contribution < 1.29 is 9.59 Å². The van der Waals surface area contributed by atoms with E-state index in [0.717, 1.165) is 5.56 Å². The number of aromatic nitrogens is 1. The maximum Gasteiger partial charge on any atom is 0.255 e. The van der Waals surface area contributed by atoms with Crippen LogP contribution in [0, 0.1) is 0 Å². The lowest BCUT2D eigenvalue weighted by Gasteiger charge is -2.22. The van der Waals surface area contributed by atoms with Crippen LogP contribution in [0.15, 0.2) is 36.7 Å². The summed E-state index contributed by atoms with van der Waals surface area (Å²) in [5.41, 5.74) is 7.15. The number of nitrogens with zero attached hydrogens (tertiary/aromatic N) is 2. The van der Waals surface area contributed by atoms with Crippen molar-refractivity contribution in [3.63, 3.8) is 0 Å². The number of carbonyl (C=O) groups excluding carboxylic acids is 2. The highest BCUT2D eigenvalue weighted by atomic mass is 35.5. The molecule has 0 spiro atoms. The van der Waals surface area contributed by atoms with Gasteiger partial charge in [-0.25, -0.2) is 0 Å². The summed E-state index contributed by atoms with van der Waals surface area (Å²) < 4.78 is 0. The Kier molecular flexibility index (Phi) is 7.38. The molecule has 8 heteroatoms. The van der Waals surface area contributed by atoms with Gasteiger partial charge in [0.05, 0.1) is 16.3 Å². The van der Waals surface area contributed by atoms with Crippen LogP contribution >= 0.6 is 23.2 Å². The summed E-state index contributed by atoms with van der Waals surface area (Å²) in [4.78, 5) is 30.6. The number of nitrogens with two attached hydrogens (primary N) is 1. The van der Waals surface area contributed by atoms with Crippen molar-refractivity contribution >= 4 is 40.7 Å². The Morgan fingerprint density at radius 3 is 2.69 bits per heavy atom. The SMILES string of the molecule is CCCN(CC(=O)Nc1cc(Cl)ccc1Cl)C(=O)c1cncc(CN)c1. The van der Waals surface area contributed by atoms with Crippen LogP contribution in [0.4, 0.5) is 5.69 Å². The van der Waals surface area contributed by atoms with Crippen LogP contribution in [0.3, 0.4) is 0 Å². The molecule has 2 amide bonds. The first kappa shape index (κ1) is 20.2. The molecule has 0 aliphatic rings. The Labute approximate surface area is 162 Å². The molecule has 1 aromatic carbocycles. The van der Waals surface area contributed by atoms with Gasteiger partial charge in [0.25, 0.3) is 5.91 Å². The van der Waals surface area contributed by atoms with E-state index in [1.54, 1.807) is 30.5 Å². The number of benzene rings is 1. The standard InChI is InChI=1S/C18H20Cl2N4O2/c1-2-5-24(18(26)13-6-12(8-21)9-22-10-13)11-17(25)23-16-7-14(19)3-4-15(16)20/h3-4,6-7,9-10H,2,5,8,11,21H2,1H3,(H,23,25). The van der Waals surface area contributed by atoms with Gasteiger partial charge in [-0.05, 0) is 36.2 Å². The van der Waals surface area contributed by atoms with Crippen LogP contribution in [-0.2, 0) is 11.3 Å². The molecule has 1 aromatic heterocycles. The average molecular weight is 395 g/mol. The van der Waals surface area contributed by atoms with Gasteiger partial charge in [0.1, 0.15) is 6.54 Å². The van der Waals surface area contributed by atoms with Gasteiger partial charge in [-0.15, -0.1) is 0 Å². The van der Waals surface area contributed by atoms with Gasteiger partial charge in [-0.3, -0.25) is 14.6 Å². The predicted octanol–water partition coefficient (Wildman–Crippen LogP) is 3.34. The van der Waals surface area contributed by atoms with Crippen molar-refractivity contribution in [2.75, 3.05) is 18.4 Å². The first-order chi connectivity index (χ1) is 12.4. The van der Waals surface area contributed by atoms with Crippen LogP contribution in [0.5, 0.6) is 0 Å². The fourth-order valence-corrected chi connectivity index (χ4v) is 2.71. The second-order valence-corrected chi connectivity index (χ2v) is 6.53. The van der Waals surface area contributed by atoms with E-state index < -0.39 is 0 Å². The smallest absolute Gasteiger partial charge is 0.255 e. The summed E-state index contributed by atoms with van der Waals surface area (Å²) in [6.45, 7) is 2.54. The highest BCUT2D eigenvalue weighted by Gasteiger charge is 2.19. The normalized spacial score (nSPS) is 10.5. The summed E-state index contributed by atoms with van der Waals surface area (Å²) in [5.74, 6) is -0.638. The Balaban J connectivity index is 2.12. The largest absolute Gasteiger partial charge is 0.329 e. The van der Waals surface area contributed by atoms with Gasteiger partial charge in [-0.1, -0.05) is 30.1 Å². The lowest BCUT2D eigenvalue weighted by atomic mass is 10.2. The zero-order valence-corrected chi connectivity index (χ0v) is 15.8. The Bertz CT molecular complexity index is 799. The first-order valence-corrected chi connectivity index (χ1v) is 8.88. The molecule has 3 N–H and O–H groups in total. The van der Waals surface area contributed by atoms with E-state index in [1.807, 2.05) is 6.92 Å². The third kappa shape index (κ3) is 5.42. The first-order valence-electron chi connectivity index (χ1n) is 8.12. The second kappa shape index (κ2) is 9.52. The highest BCUT2D eigenvalue weighted by molar-refractivity contribution is 6.35. The van der Waals surface area contributed by atoms with E-state index in [9.17, 15) is 9.59 Å². The number of carbonyl (C=O) groups is 2. The van der Waals surface area contributed by atoms with Crippen molar-refractivity contribution in [1.82, 2.24) is 9.88 Å². The molecule has 0 unspecified atom stereocenters. The molecule has 0 saturated heterocycles. The molecule has 0 radical (unpaired) electrons. The van der Waals surface area contributed by atoms with E-state index in [1.165, 1.54) is 11.1 Å². The maximum atomic E-state index is 12.7. The summed E-state index contributed by atoms with van der Waals surface area (Å²) in [7, 11) is 0. The number of rotatable bonds is 7. The zero-order chi connectivity index (χ0) is 19.1. The monoisotopic (exact) mass is 394 g/mol. The molecule has 6 nitrogen and oxygen atoms in total. The van der Waals surface area contributed by atoms with Crippen molar-refractivity contribution in [3.8, 4) is 0 Å². The van der Waals surface area contributed by atoms with Crippen LogP contribution < -0.4 is 11.1 Å². The van der Waals surface area contributed by atoms with Crippen molar-refractivity contribution in [3.05, 3.63) is 57.8 Å². The van der Waals surface area contributed by atoms with Crippen LogP contribution in [0.1, 0.15) is 29.3 Å². The number of pyridine rings is 1. The number of halogens is 2. The summed E-state index contributed by atoms with van der Waals surface area (Å²) >= 11 is 12.0. The van der Waals surface area contributed by atoms with E-state index in [2.05, 4.69) is 10.3 Å². The van der Waals surface area contributed by atoms with Crippen molar-refractivity contribution in [1.29, 1.82) is 0 Å². The molecule has 2 aromatic rings. The van der Waals surface area contributed by atoms with Gasteiger partial charge in [-0.2, -0.15) is 0 Å². The Morgan fingerprint density at radius 1 is 1.23 bits per heavy atom. The van der Waals surface area contributed by atoms with Crippen LogP contribution in [-0.4, -0.2) is 34.8 Å². The summed E-state index contributed by atoms with van der Waals surface area (Å²) in [6, 6.07) is 6.47. The van der Waals surface area contributed by atoms with E-state index >= 15 is 0 Å². The topological polar surface area (TPSA) is 88.3 Å². The fourth-order valence-electron chi connectivity index (χ4n) is 2.38. The fraction of sp³-hybridized carbons (Fsp3) is 0.278. The van der Waals surface area contributed by atoms with Crippen LogP contribution in [0.2, 0.25) is 10.0 Å². The molecule has 0 aliphatic carbocycles. The van der Waals surface area contributed by atoms with Gasteiger partial charge in [0, 0.05) is 30.5 Å². The van der Waals surface area contributed by atoms with Gasteiger partial charge < -0.3 is 16.0 Å². The number of anilines is 1. The lowest BCUT2D eigenvalue weighted by molar-refractivity contribution is -0.116. The molecule has 0 atom stereocenters. The Hall–Kier alpha value is -2.15. The highest BCUT2D eigenvalue weighted by Crippen LogP contribution is 2.25. The quantitative estimate of drug-likeness (QED) is 0.753. The molecule has 2 rings (SSSR count). The van der Waals surface area contributed by atoms with E-state index in [-0.39, 0.29) is 24.9 Å². The molecule has 0 bridgehead atoms. The molecule has 1 heterocycles. The molecule has 0 saturated carbocycles. The minimum absolute atomic E-state index is 0.109. The Morgan fingerprint density at radius 2 is 2.00 bits per heavy atom. The summed E-state index contributed by atoms with van der Waals surface area (Å²) in [5, 5.41) is 3.51. The number of amides is 2. The second-order valence-electron chi connectivity index (χ2n) is 5.69. The molecule has 138 valence electrons. The van der Waals surface area contributed by atoms with Crippen molar-refractivity contribution in [2.45, 2.75) is 19.9 Å². The minimum Gasteiger partial charge on any atom is -0.329 e. The predicted molar refractivity (Wildman–Crippen MR) is 103 cm³/mol. The molecule has 26 heavy (non-hydrogen) atoms. The van der Waals surface area contributed by atoms with Crippen LogP contribution in [0.25, 0.3) is 0 Å². The lowest BCUT2D eigenvalue weighted by Crippen LogP contribution is -2.38. The number of hydrogen-bond donors (Lipinski definition) is 2. The molecular formula is C18H20Cl2N4O2. The van der Waals surface area contributed by atoms with E-state index in [4.69, 9.17) is 28.9 Å². The average Bonchev–Trinajstić information content (AvgIpc) is 2.63. The minimum atomic E-state index is -0.362. The van der Waals surface area contributed by atoms with Gasteiger partial charge in [0.2, 0.25) is 5.91 Å². The number of hydrogen-bond acceptors (Lipinski definition) is 4.